The van der Waals surface area contributed by atoms with Gasteiger partial charge < -0.3 is 10.1 Å². The second-order valence-corrected chi connectivity index (χ2v) is 6.07. The van der Waals surface area contributed by atoms with Gasteiger partial charge in [-0.3, -0.25) is 9.59 Å². The summed E-state index contributed by atoms with van der Waals surface area (Å²) in [5, 5.41) is 6.98. The zero-order valence-electron chi connectivity index (χ0n) is 13.3. The Labute approximate surface area is 136 Å². The lowest BCUT2D eigenvalue weighted by Crippen LogP contribution is -2.24. The second kappa shape index (κ2) is 6.74. The standard InChI is InChI=1S/C15H17N3O4S/c1-5-22-15(21)12-8(2)9(3)23-14(12)16-13(20)10-6-7-11(19)18(4)17-10/h6-7H,5H2,1-4H3,(H,16,20). The van der Waals surface area contributed by atoms with Crippen molar-refractivity contribution >= 4 is 28.2 Å². The summed E-state index contributed by atoms with van der Waals surface area (Å²) in [5.74, 6) is -0.967. The van der Waals surface area contributed by atoms with Crippen LogP contribution in [0.5, 0.6) is 0 Å². The van der Waals surface area contributed by atoms with E-state index in [0.717, 1.165) is 15.1 Å². The molecule has 2 aromatic rings. The van der Waals surface area contributed by atoms with E-state index in [-0.39, 0.29) is 17.9 Å². The first kappa shape index (κ1) is 16.9. The number of nitrogens with one attached hydrogen (secondary N) is 1. The van der Waals surface area contributed by atoms with Gasteiger partial charge in [-0.1, -0.05) is 0 Å². The van der Waals surface area contributed by atoms with Crippen LogP contribution in [0.15, 0.2) is 16.9 Å². The molecule has 1 amide bonds. The number of rotatable bonds is 4. The molecule has 0 radical (unpaired) electrons. The number of aromatic nitrogens is 2. The van der Waals surface area contributed by atoms with Crippen LogP contribution in [0.1, 0.15) is 38.2 Å². The highest BCUT2D eigenvalue weighted by Gasteiger charge is 2.22. The highest BCUT2D eigenvalue weighted by atomic mass is 32.1. The van der Waals surface area contributed by atoms with Gasteiger partial charge in [0.05, 0.1) is 12.2 Å². The maximum Gasteiger partial charge on any atom is 0.341 e. The minimum absolute atomic E-state index is 0.0885. The van der Waals surface area contributed by atoms with E-state index in [2.05, 4.69) is 10.4 Å². The van der Waals surface area contributed by atoms with Crippen molar-refractivity contribution in [3.63, 3.8) is 0 Å². The van der Waals surface area contributed by atoms with Crippen molar-refractivity contribution in [2.75, 3.05) is 11.9 Å². The molecular formula is C15H17N3O4S. The zero-order valence-corrected chi connectivity index (χ0v) is 14.1. The molecule has 8 heteroatoms. The molecule has 0 fully saturated rings. The molecule has 0 bridgehead atoms. The van der Waals surface area contributed by atoms with Crippen LogP contribution < -0.4 is 10.9 Å². The fraction of sp³-hybridized carbons (Fsp3) is 0.333. The quantitative estimate of drug-likeness (QED) is 0.862. The number of nitrogens with zero attached hydrogens (tertiary/aromatic N) is 2. The molecule has 0 aliphatic carbocycles. The fourth-order valence-electron chi connectivity index (χ4n) is 1.95. The van der Waals surface area contributed by atoms with Gasteiger partial charge in [-0.25, -0.2) is 9.48 Å². The van der Waals surface area contributed by atoms with Crippen molar-refractivity contribution in [2.24, 2.45) is 7.05 Å². The van der Waals surface area contributed by atoms with Gasteiger partial charge in [0.15, 0.2) is 0 Å². The lowest BCUT2D eigenvalue weighted by molar-refractivity contribution is 0.0527. The van der Waals surface area contributed by atoms with E-state index in [1.54, 1.807) is 13.8 Å². The van der Waals surface area contributed by atoms with Crippen molar-refractivity contribution in [1.82, 2.24) is 9.78 Å². The molecule has 2 heterocycles. The number of esters is 1. The predicted molar refractivity (Wildman–Crippen MR) is 87.2 cm³/mol. The third kappa shape index (κ3) is 3.48. The largest absolute Gasteiger partial charge is 0.462 e. The molecule has 7 nitrogen and oxygen atoms in total. The van der Waals surface area contributed by atoms with E-state index in [4.69, 9.17) is 4.74 Å². The van der Waals surface area contributed by atoms with E-state index in [1.165, 1.54) is 30.5 Å². The average molecular weight is 335 g/mol. The van der Waals surface area contributed by atoms with Crippen molar-refractivity contribution in [3.8, 4) is 0 Å². The van der Waals surface area contributed by atoms with Crippen LogP contribution in [-0.2, 0) is 11.8 Å². The van der Waals surface area contributed by atoms with Crippen LogP contribution in [0.4, 0.5) is 5.00 Å². The lowest BCUT2D eigenvalue weighted by atomic mass is 10.1. The molecule has 23 heavy (non-hydrogen) atoms. The maximum absolute atomic E-state index is 12.3. The molecule has 0 saturated heterocycles. The number of ether oxygens (including phenoxy) is 1. The number of carbonyl (C=O) groups excluding carboxylic acids is 2. The molecule has 0 spiro atoms. The van der Waals surface area contributed by atoms with E-state index < -0.39 is 11.9 Å². The van der Waals surface area contributed by atoms with Crippen molar-refractivity contribution in [3.05, 3.63) is 44.2 Å². The summed E-state index contributed by atoms with van der Waals surface area (Å²) < 4.78 is 6.12. The SMILES string of the molecule is CCOC(=O)c1c(NC(=O)c2ccc(=O)n(C)n2)sc(C)c1C. The van der Waals surface area contributed by atoms with Crippen LogP contribution in [-0.4, -0.2) is 28.3 Å². The Bertz CT molecular complexity index is 823. The molecular weight excluding hydrogens is 318 g/mol. The van der Waals surface area contributed by atoms with Crippen LogP contribution in [0.2, 0.25) is 0 Å². The highest BCUT2D eigenvalue weighted by Crippen LogP contribution is 2.33. The summed E-state index contributed by atoms with van der Waals surface area (Å²) >= 11 is 1.30. The second-order valence-electron chi connectivity index (χ2n) is 4.84. The number of amides is 1. The van der Waals surface area contributed by atoms with Crippen molar-refractivity contribution < 1.29 is 14.3 Å². The van der Waals surface area contributed by atoms with Crippen LogP contribution in [0.25, 0.3) is 0 Å². The molecule has 122 valence electrons. The molecule has 0 saturated carbocycles. The Hall–Kier alpha value is -2.48. The molecule has 0 atom stereocenters. The molecule has 2 aromatic heterocycles. The molecule has 2 rings (SSSR count). The Kier molecular flexibility index (Phi) is 4.95. The topological polar surface area (TPSA) is 90.3 Å². The number of carbonyl (C=O) groups is 2. The normalized spacial score (nSPS) is 10.4. The highest BCUT2D eigenvalue weighted by molar-refractivity contribution is 7.16. The summed E-state index contributed by atoms with van der Waals surface area (Å²) in [6.45, 7) is 5.64. The van der Waals surface area contributed by atoms with E-state index >= 15 is 0 Å². The Morgan fingerprint density at radius 1 is 1.35 bits per heavy atom. The van der Waals surface area contributed by atoms with E-state index in [9.17, 15) is 14.4 Å². The number of hydrogen-bond donors (Lipinski definition) is 1. The minimum Gasteiger partial charge on any atom is -0.462 e. The number of thiophene rings is 1. The van der Waals surface area contributed by atoms with Crippen LogP contribution in [0.3, 0.4) is 0 Å². The van der Waals surface area contributed by atoms with Crippen LogP contribution in [0, 0.1) is 13.8 Å². The van der Waals surface area contributed by atoms with Crippen LogP contribution >= 0.6 is 11.3 Å². The number of anilines is 1. The molecule has 0 aliphatic heterocycles. The van der Waals surface area contributed by atoms with Crippen molar-refractivity contribution in [1.29, 1.82) is 0 Å². The minimum atomic E-state index is -0.493. The van der Waals surface area contributed by atoms with Gasteiger partial charge in [0.25, 0.3) is 11.5 Å². The van der Waals surface area contributed by atoms with Gasteiger partial charge in [0, 0.05) is 18.0 Å². The monoisotopic (exact) mass is 335 g/mol. The Morgan fingerprint density at radius 2 is 2.04 bits per heavy atom. The molecule has 0 unspecified atom stereocenters. The molecule has 0 aliphatic rings. The summed E-state index contributed by atoms with van der Waals surface area (Å²) in [4.78, 5) is 36.6. The molecule has 1 N–H and O–H groups in total. The zero-order chi connectivity index (χ0) is 17.1. The average Bonchev–Trinajstić information content (AvgIpc) is 2.76. The summed E-state index contributed by atoms with van der Waals surface area (Å²) in [7, 11) is 1.46. The first-order chi connectivity index (χ1) is 10.8. The Balaban J connectivity index is 2.34. The van der Waals surface area contributed by atoms with Gasteiger partial charge in [-0.05, 0) is 32.4 Å². The Morgan fingerprint density at radius 3 is 2.65 bits per heavy atom. The fourth-order valence-corrected chi connectivity index (χ4v) is 3.00. The van der Waals surface area contributed by atoms with Gasteiger partial charge in [0.1, 0.15) is 10.7 Å². The lowest BCUT2D eigenvalue weighted by Gasteiger charge is -2.07. The van der Waals surface area contributed by atoms with E-state index in [0.29, 0.717) is 10.6 Å². The first-order valence-corrected chi connectivity index (χ1v) is 7.79. The van der Waals surface area contributed by atoms with Gasteiger partial charge in [-0.2, -0.15) is 5.10 Å². The maximum atomic E-state index is 12.3. The third-order valence-electron chi connectivity index (χ3n) is 3.29. The van der Waals surface area contributed by atoms with Gasteiger partial charge in [0.2, 0.25) is 0 Å². The number of hydrogen-bond acceptors (Lipinski definition) is 6. The molecule has 0 aromatic carbocycles. The van der Waals surface area contributed by atoms with E-state index in [1.807, 2.05) is 6.92 Å². The predicted octanol–water partition coefficient (Wildman–Crippen LogP) is 1.89. The van der Waals surface area contributed by atoms with Gasteiger partial charge >= 0.3 is 5.97 Å². The summed E-state index contributed by atoms with van der Waals surface area (Å²) in [6.07, 6.45) is 0. The first-order valence-electron chi connectivity index (χ1n) is 6.98. The summed E-state index contributed by atoms with van der Waals surface area (Å²) in [6, 6.07) is 2.61. The third-order valence-corrected chi connectivity index (χ3v) is 4.41. The van der Waals surface area contributed by atoms with Crippen molar-refractivity contribution in [2.45, 2.75) is 20.8 Å². The smallest absolute Gasteiger partial charge is 0.341 e. The summed E-state index contributed by atoms with van der Waals surface area (Å²) in [5.41, 5.74) is 0.909. The number of aryl methyl sites for hydroxylation is 2. The van der Waals surface area contributed by atoms with Gasteiger partial charge in [-0.15, -0.1) is 11.3 Å².